The quantitative estimate of drug-likeness (QED) is 0.841. The molecule has 0 aromatic carbocycles. The van der Waals surface area contributed by atoms with Crippen LogP contribution >= 0.6 is 11.6 Å². The number of anilines is 1. The molecule has 1 aromatic heterocycles. The first-order valence-electron chi connectivity index (χ1n) is 6.19. The van der Waals surface area contributed by atoms with Gasteiger partial charge in [-0.25, -0.2) is 9.97 Å². The van der Waals surface area contributed by atoms with Crippen molar-refractivity contribution in [2.24, 2.45) is 11.7 Å². The Kier molecular flexibility index (Phi) is 4.42. The van der Waals surface area contributed by atoms with Gasteiger partial charge in [-0.1, -0.05) is 11.6 Å². The molecule has 19 heavy (non-hydrogen) atoms. The van der Waals surface area contributed by atoms with Gasteiger partial charge in [0, 0.05) is 19.5 Å². The summed E-state index contributed by atoms with van der Waals surface area (Å²) in [6, 6.07) is 0. The number of ether oxygens (including phenoxy) is 1. The van der Waals surface area contributed by atoms with Gasteiger partial charge in [0.25, 0.3) is 0 Å². The summed E-state index contributed by atoms with van der Waals surface area (Å²) in [7, 11) is 1.55. The monoisotopic (exact) mass is 284 g/mol. The van der Waals surface area contributed by atoms with E-state index in [0.717, 1.165) is 25.9 Å². The smallest absolute Gasteiger partial charge is 0.217 e. The fourth-order valence-electron chi connectivity index (χ4n) is 2.38. The van der Waals surface area contributed by atoms with Gasteiger partial charge in [-0.3, -0.25) is 4.79 Å². The van der Waals surface area contributed by atoms with Crippen molar-refractivity contribution in [3.05, 3.63) is 11.5 Å². The van der Waals surface area contributed by atoms with Gasteiger partial charge in [-0.15, -0.1) is 0 Å². The van der Waals surface area contributed by atoms with Crippen molar-refractivity contribution in [3.63, 3.8) is 0 Å². The highest BCUT2D eigenvalue weighted by Gasteiger charge is 2.24. The van der Waals surface area contributed by atoms with Crippen molar-refractivity contribution in [1.29, 1.82) is 0 Å². The van der Waals surface area contributed by atoms with Crippen LogP contribution in [0.15, 0.2) is 6.33 Å². The van der Waals surface area contributed by atoms with Crippen molar-refractivity contribution in [2.75, 3.05) is 25.1 Å². The van der Waals surface area contributed by atoms with Crippen LogP contribution < -0.4 is 15.4 Å². The standard InChI is InChI=1S/C12H17ClN4O2/c1-19-10-11(13)15-7-16-12(10)17-4-2-8(3-5-17)6-9(14)18/h7-8H,2-6H2,1H3,(H2,14,18). The molecule has 2 heterocycles. The number of hydrogen-bond donors (Lipinski definition) is 1. The van der Waals surface area contributed by atoms with E-state index in [9.17, 15) is 4.79 Å². The lowest BCUT2D eigenvalue weighted by molar-refractivity contribution is -0.119. The van der Waals surface area contributed by atoms with Crippen molar-refractivity contribution < 1.29 is 9.53 Å². The molecule has 1 amide bonds. The number of amides is 1. The van der Waals surface area contributed by atoms with Gasteiger partial charge < -0.3 is 15.4 Å². The Morgan fingerprint density at radius 2 is 2.21 bits per heavy atom. The van der Waals surface area contributed by atoms with Gasteiger partial charge in [-0.05, 0) is 18.8 Å². The highest BCUT2D eigenvalue weighted by molar-refractivity contribution is 6.31. The second kappa shape index (κ2) is 6.06. The average molecular weight is 285 g/mol. The summed E-state index contributed by atoms with van der Waals surface area (Å²) in [6.45, 7) is 1.61. The normalized spacial score (nSPS) is 16.4. The summed E-state index contributed by atoms with van der Waals surface area (Å²) in [5.41, 5.74) is 5.22. The molecule has 104 valence electrons. The Hall–Kier alpha value is -1.56. The summed E-state index contributed by atoms with van der Waals surface area (Å²) in [5, 5.41) is 0.312. The minimum Gasteiger partial charge on any atom is -0.490 e. The fourth-order valence-corrected chi connectivity index (χ4v) is 2.58. The first kappa shape index (κ1) is 13.9. The molecule has 7 heteroatoms. The highest BCUT2D eigenvalue weighted by atomic mass is 35.5. The molecule has 1 aliphatic rings. The topological polar surface area (TPSA) is 81.3 Å². The number of carbonyl (C=O) groups excluding carboxylic acids is 1. The van der Waals surface area contributed by atoms with Gasteiger partial charge in [0.15, 0.2) is 16.7 Å². The van der Waals surface area contributed by atoms with Crippen LogP contribution in [0.1, 0.15) is 19.3 Å². The first-order valence-corrected chi connectivity index (χ1v) is 6.57. The molecule has 0 bridgehead atoms. The summed E-state index contributed by atoms with van der Waals surface area (Å²) < 4.78 is 5.25. The molecule has 1 aromatic rings. The van der Waals surface area contributed by atoms with Crippen LogP contribution in [0.2, 0.25) is 5.15 Å². The van der Waals surface area contributed by atoms with Crippen LogP contribution in [-0.4, -0.2) is 36.1 Å². The van der Waals surface area contributed by atoms with Gasteiger partial charge in [-0.2, -0.15) is 0 Å². The predicted octanol–water partition coefficient (Wildman–Crippen LogP) is 1.23. The molecule has 0 saturated carbocycles. The van der Waals surface area contributed by atoms with Gasteiger partial charge >= 0.3 is 0 Å². The van der Waals surface area contributed by atoms with E-state index in [4.69, 9.17) is 22.1 Å². The third kappa shape index (κ3) is 3.26. The van der Waals surface area contributed by atoms with E-state index in [1.165, 1.54) is 6.33 Å². The minimum atomic E-state index is -0.235. The van der Waals surface area contributed by atoms with Crippen LogP contribution in [0.25, 0.3) is 0 Å². The Balaban J connectivity index is 2.05. The molecular weight excluding hydrogens is 268 g/mol. The molecule has 6 nitrogen and oxygen atoms in total. The number of primary amides is 1. The SMILES string of the molecule is COc1c(Cl)ncnc1N1CCC(CC(N)=O)CC1. The van der Waals surface area contributed by atoms with E-state index < -0.39 is 0 Å². The lowest BCUT2D eigenvalue weighted by atomic mass is 9.93. The third-order valence-electron chi connectivity index (χ3n) is 3.35. The molecule has 0 radical (unpaired) electrons. The minimum absolute atomic E-state index is 0.235. The van der Waals surface area contributed by atoms with E-state index in [2.05, 4.69) is 14.9 Å². The number of aromatic nitrogens is 2. The Labute approximate surface area is 116 Å². The summed E-state index contributed by atoms with van der Waals surface area (Å²) in [4.78, 5) is 21.2. The number of carbonyl (C=O) groups is 1. The van der Waals surface area contributed by atoms with E-state index in [0.29, 0.717) is 29.1 Å². The van der Waals surface area contributed by atoms with Crippen molar-refractivity contribution in [1.82, 2.24) is 9.97 Å². The van der Waals surface area contributed by atoms with Gasteiger partial charge in [0.2, 0.25) is 5.91 Å². The van der Waals surface area contributed by atoms with Gasteiger partial charge in [0.05, 0.1) is 7.11 Å². The Morgan fingerprint density at radius 1 is 1.53 bits per heavy atom. The van der Waals surface area contributed by atoms with E-state index in [1.807, 2.05) is 0 Å². The Bertz CT molecular complexity index is 461. The molecule has 1 aliphatic heterocycles. The molecule has 2 N–H and O–H groups in total. The van der Waals surface area contributed by atoms with Gasteiger partial charge in [0.1, 0.15) is 6.33 Å². The number of methoxy groups -OCH3 is 1. The number of rotatable bonds is 4. The molecule has 0 unspecified atom stereocenters. The number of hydrogen-bond acceptors (Lipinski definition) is 5. The number of nitrogens with two attached hydrogens (primary N) is 1. The summed E-state index contributed by atoms with van der Waals surface area (Å²) >= 11 is 5.98. The number of nitrogens with zero attached hydrogens (tertiary/aromatic N) is 3. The van der Waals surface area contributed by atoms with Crippen LogP contribution in [0, 0.1) is 5.92 Å². The summed E-state index contributed by atoms with van der Waals surface area (Å²) in [6.07, 6.45) is 3.70. The molecule has 1 saturated heterocycles. The molecule has 0 aliphatic carbocycles. The van der Waals surface area contributed by atoms with Crippen molar-refractivity contribution >= 4 is 23.3 Å². The second-order valence-electron chi connectivity index (χ2n) is 4.62. The zero-order valence-corrected chi connectivity index (χ0v) is 11.6. The molecular formula is C12H17ClN4O2. The van der Waals surface area contributed by atoms with E-state index >= 15 is 0 Å². The number of piperidine rings is 1. The average Bonchev–Trinajstić information content (AvgIpc) is 2.38. The molecule has 0 atom stereocenters. The van der Waals surface area contributed by atoms with Crippen LogP contribution in [-0.2, 0) is 4.79 Å². The van der Waals surface area contributed by atoms with E-state index in [-0.39, 0.29) is 5.91 Å². The zero-order valence-electron chi connectivity index (χ0n) is 10.8. The zero-order chi connectivity index (χ0) is 13.8. The first-order chi connectivity index (χ1) is 9.11. The maximum atomic E-state index is 10.9. The number of halogens is 1. The van der Waals surface area contributed by atoms with Crippen molar-refractivity contribution in [2.45, 2.75) is 19.3 Å². The van der Waals surface area contributed by atoms with Crippen LogP contribution in [0.4, 0.5) is 5.82 Å². The van der Waals surface area contributed by atoms with Crippen LogP contribution in [0.3, 0.4) is 0 Å². The molecule has 0 spiro atoms. The molecule has 2 rings (SSSR count). The Morgan fingerprint density at radius 3 is 2.79 bits per heavy atom. The van der Waals surface area contributed by atoms with Crippen LogP contribution in [0.5, 0.6) is 5.75 Å². The predicted molar refractivity (Wildman–Crippen MR) is 72.3 cm³/mol. The third-order valence-corrected chi connectivity index (χ3v) is 3.62. The fraction of sp³-hybridized carbons (Fsp3) is 0.583. The second-order valence-corrected chi connectivity index (χ2v) is 4.98. The maximum absolute atomic E-state index is 10.9. The lowest BCUT2D eigenvalue weighted by Crippen LogP contribution is -2.35. The maximum Gasteiger partial charge on any atom is 0.217 e. The van der Waals surface area contributed by atoms with E-state index in [1.54, 1.807) is 7.11 Å². The molecule has 1 fully saturated rings. The van der Waals surface area contributed by atoms with Crippen molar-refractivity contribution in [3.8, 4) is 5.75 Å². The largest absolute Gasteiger partial charge is 0.490 e. The lowest BCUT2D eigenvalue weighted by Gasteiger charge is -2.32. The summed E-state index contributed by atoms with van der Waals surface area (Å²) in [5.74, 6) is 1.33. The highest BCUT2D eigenvalue weighted by Crippen LogP contribution is 2.34.